The fourth-order valence-corrected chi connectivity index (χ4v) is 4.47. The van der Waals surface area contributed by atoms with Gasteiger partial charge < -0.3 is 14.7 Å². The predicted octanol–water partition coefficient (Wildman–Crippen LogP) is 4.70. The Morgan fingerprint density at radius 2 is 1.89 bits per heavy atom. The van der Waals surface area contributed by atoms with Gasteiger partial charge in [0.25, 0.3) is 5.56 Å². The van der Waals surface area contributed by atoms with Crippen LogP contribution in [0.4, 0.5) is 8.78 Å². The maximum absolute atomic E-state index is 13.9. The van der Waals surface area contributed by atoms with Gasteiger partial charge in [0.15, 0.2) is 0 Å². The minimum atomic E-state index is -1.09. The number of hydrogen-bond donors (Lipinski definition) is 1. The fourth-order valence-electron chi connectivity index (χ4n) is 4.28. The summed E-state index contributed by atoms with van der Waals surface area (Å²) in [6, 6.07) is 10.4. The molecule has 0 spiro atoms. The minimum absolute atomic E-state index is 0.0273. The van der Waals surface area contributed by atoms with Gasteiger partial charge in [-0.05, 0) is 62.6 Å². The van der Waals surface area contributed by atoms with E-state index in [2.05, 4.69) is 0 Å². The van der Waals surface area contributed by atoms with Crippen molar-refractivity contribution >= 4 is 17.5 Å². The van der Waals surface area contributed by atoms with E-state index in [4.69, 9.17) is 16.3 Å². The molecule has 36 heavy (non-hydrogen) atoms. The molecule has 2 aromatic carbocycles. The summed E-state index contributed by atoms with van der Waals surface area (Å²) in [7, 11) is 0. The van der Waals surface area contributed by atoms with E-state index in [1.165, 1.54) is 10.6 Å². The number of fused-ring (bicyclic) bond motifs is 1. The molecule has 4 rings (SSSR count). The first-order valence-electron chi connectivity index (χ1n) is 11.5. The third kappa shape index (κ3) is 5.60. The van der Waals surface area contributed by atoms with Gasteiger partial charge >= 0.3 is 0 Å². The number of amides is 1. The molecule has 9 heteroatoms. The lowest BCUT2D eigenvalue weighted by molar-refractivity contribution is -0.136. The number of ether oxygens (including phenoxy) is 1. The highest BCUT2D eigenvalue weighted by molar-refractivity contribution is 6.31. The second-order valence-electron chi connectivity index (χ2n) is 9.64. The summed E-state index contributed by atoms with van der Waals surface area (Å²) >= 11 is 6.33. The van der Waals surface area contributed by atoms with Crippen LogP contribution in [0.2, 0.25) is 5.02 Å². The molecule has 0 fully saturated rings. The Morgan fingerprint density at radius 3 is 2.58 bits per heavy atom. The summed E-state index contributed by atoms with van der Waals surface area (Å²) in [5.74, 6) is -1.47. The van der Waals surface area contributed by atoms with Crippen LogP contribution in [0.5, 0.6) is 5.75 Å². The molecule has 1 aliphatic heterocycles. The van der Waals surface area contributed by atoms with E-state index in [-0.39, 0.29) is 35.3 Å². The van der Waals surface area contributed by atoms with E-state index in [1.54, 1.807) is 31.7 Å². The zero-order chi connectivity index (χ0) is 26.2. The van der Waals surface area contributed by atoms with Crippen LogP contribution >= 0.6 is 11.6 Å². The number of aliphatic hydroxyl groups is 1. The van der Waals surface area contributed by atoms with Crippen LogP contribution in [0.3, 0.4) is 0 Å². The fraction of sp³-hybridized carbons (Fsp3) is 0.333. The summed E-state index contributed by atoms with van der Waals surface area (Å²) in [5, 5.41) is 9.84. The van der Waals surface area contributed by atoms with Gasteiger partial charge in [0, 0.05) is 42.2 Å². The molecule has 190 valence electrons. The predicted molar refractivity (Wildman–Crippen MR) is 133 cm³/mol. The van der Waals surface area contributed by atoms with E-state index >= 15 is 0 Å². The number of aryl methyl sites for hydroxylation is 1. The van der Waals surface area contributed by atoms with Gasteiger partial charge in [0.2, 0.25) is 5.91 Å². The number of halogens is 3. The van der Waals surface area contributed by atoms with Crippen molar-refractivity contribution in [2.45, 2.75) is 52.4 Å². The lowest BCUT2D eigenvalue weighted by atomic mass is 9.97. The Morgan fingerprint density at radius 1 is 1.14 bits per heavy atom. The van der Waals surface area contributed by atoms with Gasteiger partial charge in [-0.3, -0.25) is 14.2 Å². The number of nitrogens with zero attached hydrogens (tertiary/aromatic N) is 2. The average molecular weight is 517 g/mol. The van der Waals surface area contributed by atoms with Crippen molar-refractivity contribution < 1.29 is 23.4 Å². The lowest BCUT2D eigenvalue weighted by Gasteiger charge is -2.31. The van der Waals surface area contributed by atoms with Crippen LogP contribution in [-0.4, -0.2) is 32.6 Å². The molecule has 0 atom stereocenters. The monoisotopic (exact) mass is 516 g/mol. The van der Waals surface area contributed by atoms with Crippen molar-refractivity contribution in [3.05, 3.63) is 91.9 Å². The summed E-state index contributed by atoms with van der Waals surface area (Å²) in [6.45, 7) is 5.65. The third-order valence-corrected chi connectivity index (χ3v) is 6.44. The molecule has 3 aromatic rings. The first kappa shape index (κ1) is 25.9. The van der Waals surface area contributed by atoms with Gasteiger partial charge in [0.1, 0.15) is 29.0 Å². The summed E-state index contributed by atoms with van der Waals surface area (Å²) < 4.78 is 34.1. The lowest BCUT2D eigenvalue weighted by Crippen LogP contribution is -2.39. The second kappa shape index (κ2) is 10.0. The van der Waals surface area contributed by atoms with Gasteiger partial charge in [0.05, 0.1) is 12.0 Å². The largest absolute Gasteiger partial charge is 0.487 e. The highest BCUT2D eigenvalue weighted by Gasteiger charge is 2.26. The molecule has 0 bridgehead atoms. The van der Waals surface area contributed by atoms with Gasteiger partial charge in [-0.25, -0.2) is 8.78 Å². The van der Waals surface area contributed by atoms with Crippen molar-refractivity contribution in [3.8, 4) is 11.4 Å². The van der Waals surface area contributed by atoms with Crippen molar-refractivity contribution in [1.29, 1.82) is 0 Å². The molecule has 1 aromatic heterocycles. The molecule has 0 saturated heterocycles. The van der Waals surface area contributed by atoms with E-state index in [1.807, 2.05) is 18.2 Å². The van der Waals surface area contributed by atoms with E-state index in [9.17, 15) is 23.5 Å². The first-order valence-corrected chi connectivity index (χ1v) is 11.9. The molecule has 0 saturated carbocycles. The molecule has 0 radical (unpaired) electrons. The number of pyridine rings is 1. The summed E-state index contributed by atoms with van der Waals surface area (Å²) in [5.41, 5.74) is 1.68. The number of aromatic nitrogens is 1. The zero-order valence-corrected chi connectivity index (χ0v) is 21.0. The third-order valence-electron chi connectivity index (χ3n) is 6.10. The van der Waals surface area contributed by atoms with E-state index in [0.29, 0.717) is 30.9 Å². The molecule has 0 aliphatic carbocycles. The molecular formula is C27H27ClF2N2O4. The van der Waals surface area contributed by atoms with Crippen LogP contribution in [0.15, 0.2) is 47.3 Å². The molecule has 2 heterocycles. The molecule has 0 unspecified atom stereocenters. The molecule has 6 nitrogen and oxygen atoms in total. The van der Waals surface area contributed by atoms with Crippen LogP contribution in [-0.2, 0) is 24.4 Å². The first-order chi connectivity index (χ1) is 16.9. The van der Waals surface area contributed by atoms with Crippen LogP contribution < -0.4 is 10.3 Å². The normalized spacial score (nSPS) is 13.5. The van der Waals surface area contributed by atoms with Crippen molar-refractivity contribution in [1.82, 2.24) is 9.47 Å². The summed E-state index contributed by atoms with van der Waals surface area (Å²) in [6.07, 6.45) is 0.702. The number of rotatable bonds is 6. The Bertz CT molecular complexity index is 1380. The Kier molecular flexibility index (Phi) is 7.20. The Balaban J connectivity index is 1.59. The second-order valence-corrected chi connectivity index (χ2v) is 10.0. The van der Waals surface area contributed by atoms with Crippen LogP contribution in [0, 0.1) is 18.6 Å². The molecular weight excluding hydrogens is 490 g/mol. The summed E-state index contributed by atoms with van der Waals surface area (Å²) in [4.78, 5) is 27.5. The van der Waals surface area contributed by atoms with Crippen molar-refractivity contribution in [3.63, 3.8) is 0 Å². The number of carbonyl (C=O) groups is 1. The van der Waals surface area contributed by atoms with Gasteiger partial charge in [-0.15, -0.1) is 0 Å². The number of carbonyl (C=O) groups excluding carboxylic acids is 1. The molecule has 1 N–H and O–H groups in total. The maximum atomic E-state index is 13.9. The quantitative estimate of drug-likeness (QED) is 0.515. The minimum Gasteiger partial charge on any atom is -0.487 e. The van der Waals surface area contributed by atoms with E-state index < -0.39 is 22.8 Å². The van der Waals surface area contributed by atoms with Crippen molar-refractivity contribution in [2.24, 2.45) is 0 Å². The van der Waals surface area contributed by atoms with Crippen molar-refractivity contribution in [2.75, 3.05) is 6.54 Å². The van der Waals surface area contributed by atoms with Crippen LogP contribution in [0.25, 0.3) is 5.69 Å². The van der Waals surface area contributed by atoms with Crippen LogP contribution in [0.1, 0.15) is 42.7 Å². The SMILES string of the molecule is Cc1cc(OCc2ccc(F)cc2F)c(Cl)c(=O)n1-c1ccc2c(c1)CN(C(=O)CC(C)(C)O)CC2. The highest BCUT2D eigenvalue weighted by atomic mass is 35.5. The van der Waals surface area contributed by atoms with Gasteiger partial charge in [-0.1, -0.05) is 17.7 Å². The highest BCUT2D eigenvalue weighted by Crippen LogP contribution is 2.27. The molecule has 1 aliphatic rings. The molecule has 1 amide bonds. The number of benzene rings is 2. The Labute approximate surface area is 212 Å². The van der Waals surface area contributed by atoms with E-state index in [0.717, 1.165) is 23.3 Å². The standard InChI is InChI=1S/C27H27ClF2N2O4/c1-16-10-23(36-15-18-4-6-20(29)12-22(18)30)25(28)26(34)32(16)21-7-5-17-8-9-31(14-19(17)11-21)24(33)13-27(2,3)35/h4-7,10-12,35H,8-9,13-15H2,1-3H3. The number of hydrogen-bond acceptors (Lipinski definition) is 4. The smallest absolute Gasteiger partial charge is 0.277 e. The maximum Gasteiger partial charge on any atom is 0.277 e. The van der Waals surface area contributed by atoms with Gasteiger partial charge in [-0.2, -0.15) is 0 Å². The zero-order valence-electron chi connectivity index (χ0n) is 20.3. The average Bonchev–Trinajstić information content (AvgIpc) is 2.80. The topological polar surface area (TPSA) is 71.8 Å². The Hall–Kier alpha value is -3.23.